The van der Waals surface area contributed by atoms with Crippen LogP contribution >= 0.6 is 0 Å². The topological polar surface area (TPSA) is 68.1 Å². The van der Waals surface area contributed by atoms with Gasteiger partial charge in [0.2, 0.25) is 5.91 Å². The predicted octanol–water partition coefficient (Wildman–Crippen LogP) is 4.77. The number of nitrogens with two attached hydrogens (primary N) is 1. The molecule has 0 spiro atoms. The Balaban J connectivity index is 1.97. The van der Waals surface area contributed by atoms with E-state index >= 15 is 0 Å². The molecule has 3 N–H and O–H groups in total. The highest BCUT2D eigenvalue weighted by Gasteiger charge is 2.27. The maximum absolute atomic E-state index is 12.6. The van der Waals surface area contributed by atoms with Gasteiger partial charge < -0.3 is 15.5 Å². The number of fused-ring (bicyclic) bond motifs is 1. The molecule has 28 heavy (non-hydrogen) atoms. The van der Waals surface area contributed by atoms with E-state index in [-0.39, 0.29) is 5.91 Å². The molecular weight excluding hydrogens is 348 g/mol. The van der Waals surface area contributed by atoms with Gasteiger partial charge in [-0.15, -0.1) is 0 Å². The molecule has 0 radical (unpaired) electrons. The Hall–Kier alpha value is -3.53. The van der Waals surface area contributed by atoms with Crippen molar-refractivity contribution in [1.82, 2.24) is 4.98 Å². The molecule has 1 aromatic heterocycles. The van der Waals surface area contributed by atoms with E-state index in [0.29, 0.717) is 0 Å². The molecule has 1 unspecified atom stereocenters. The van der Waals surface area contributed by atoms with Gasteiger partial charge >= 0.3 is 0 Å². The van der Waals surface area contributed by atoms with Crippen LogP contribution in [0.3, 0.4) is 0 Å². The van der Waals surface area contributed by atoms with Crippen molar-refractivity contribution in [3.8, 4) is 17.0 Å². The first-order valence-corrected chi connectivity index (χ1v) is 9.19. The molecule has 140 valence electrons. The van der Waals surface area contributed by atoms with Crippen molar-refractivity contribution in [3.63, 3.8) is 0 Å². The smallest absolute Gasteiger partial charge is 0.229 e. The molecule has 0 aliphatic carbocycles. The maximum atomic E-state index is 12.6. The fourth-order valence-corrected chi connectivity index (χ4v) is 3.68. The number of benzene rings is 3. The number of rotatable bonds is 5. The Kier molecular flexibility index (Phi) is 4.62. The van der Waals surface area contributed by atoms with Gasteiger partial charge in [-0.2, -0.15) is 0 Å². The Morgan fingerprint density at radius 1 is 0.964 bits per heavy atom. The van der Waals surface area contributed by atoms with E-state index in [1.165, 1.54) is 0 Å². The summed E-state index contributed by atoms with van der Waals surface area (Å²) >= 11 is 0. The Morgan fingerprint density at radius 2 is 1.64 bits per heavy atom. The van der Waals surface area contributed by atoms with Crippen LogP contribution in [0.5, 0.6) is 5.75 Å². The van der Waals surface area contributed by atoms with Crippen molar-refractivity contribution >= 4 is 16.8 Å². The highest BCUT2D eigenvalue weighted by atomic mass is 16.5. The summed E-state index contributed by atoms with van der Waals surface area (Å²) in [6.45, 7) is 2.03. The van der Waals surface area contributed by atoms with Crippen molar-refractivity contribution in [3.05, 3.63) is 89.5 Å². The van der Waals surface area contributed by atoms with E-state index in [2.05, 4.69) is 4.98 Å². The number of aromatic nitrogens is 1. The first-order chi connectivity index (χ1) is 13.6. The third-order valence-electron chi connectivity index (χ3n) is 5.11. The molecule has 4 rings (SSSR count). The van der Waals surface area contributed by atoms with Gasteiger partial charge in [0, 0.05) is 16.5 Å². The SMILES string of the molecule is COc1ccc(-c2[nH]c3ccccc3c2C(C(N)=O)c2ccc(C)cc2)cc1. The van der Waals surface area contributed by atoms with Crippen LogP contribution in [0, 0.1) is 6.92 Å². The van der Waals surface area contributed by atoms with E-state index in [0.717, 1.165) is 44.6 Å². The van der Waals surface area contributed by atoms with Crippen molar-refractivity contribution in [1.29, 1.82) is 0 Å². The summed E-state index contributed by atoms with van der Waals surface area (Å²) in [6.07, 6.45) is 0. The molecule has 3 aromatic carbocycles. The largest absolute Gasteiger partial charge is 0.497 e. The van der Waals surface area contributed by atoms with Crippen LogP contribution < -0.4 is 10.5 Å². The third-order valence-corrected chi connectivity index (χ3v) is 5.11. The number of nitrogens with one attached hydrogen (secondary N) is 1. The lowest BCUT2D eigenvalue weighted by molar-refractivity contribution is -0.118. The van der Waals surface area contributed by atoms with Crippen LogP contribution in [0.4, 0.5) is 0 Å². The molecule has 4 nitrogen and oxygen atoms in total. The van der Waals surface area contributed by atoms with Gasteiger partial charge in [0.05, 0.1) is 18.7 Å². The number of amides is 1. The second-order valence-electron chi connectivity index (χ2n) is 6.93. The second-order valence-corrected chi connectivity index (χ2v) is 6.93. The molecule has 0 saturated heterocycles. The quantitative estimate of drug-likeness (QED) is 0.531. The highest BCUT2D eigenvalue weighted by molar-refractivity contribution is 5.98. The van der Waals surface area contributed by atoms with E-state index in [9.17, 15) is 4.79 Å². The van der Waals surface area contributed by atoms with Crippen LogP contribution in [0.2, 0.25) is 0 Å². The number of carbonyl (C=O) groups is 1. The van der Waals surface area contributed by atoms with Gasteiger partial charge in [0.15, 0.2) is 0 Å². The number of aromatic amines is 1. The number of carbonyl (C=O) groups excluding carboxylic acids is 1. The minimum Gasteiger partial charge on any atom is -0.497 e. The summed E-state index contributed by atoms with van der Waals surface area (Å²) in [5.41, 5.74) is 11.7. The number of hydrogen-bond donors (Lipinski definition) is 2. The number of primary amides is 1. The van der Waals surface area contributed by atoms with Gasteiger partial charge in [0.1, 0.15) is 5.75 Å². The van der Waals surface area contributed by atoms with Gasteiger partial charge in [-0.3, -0.25) is 4.79 Å². The highest BCUT2D eigenvalue weighted by Crippen LogP contribution is 2.39. The summed E-state index contributed by atoms with van der Waals surface area (Å²) in [4.78, 5) is 16.1. The normalized spacial score (nSPS) is 12.1. The van der Waals surface area contributed by atoms with Crippen LogP contribution in [-0.2, 0) is 4.79 Å². The fourth-order valence-electron chi connectivity index (χ4n) is 3.68. The number of aryl methyl sites for hydroxylation is 1. The molecule has 0 bridgehead atoms. The van der Waals surface area contributed by atoms with E-state index in [4.69, 9.17) is 10.5 Å². The molecule has 1 amide bonds. The number of methoxy groups -OCH3 is 1. The van der Waals surface area contributed by atoms with Crippen molar-refractivity contribution in [2.24, 2.45) is 5.73 Å². The Labute approximate surface area is 164 Å². The summed E-state index contributed by atoms with van der Waals surface area (Å²) in [5, 5.41) is 0.998. The molecule has 0 aliphatic rings. The lowest BCUT2D eigenvalue weighted by atomic mass is 9.86. The van der Waals surface area contributed by atoms with Gasteiger partial charge in [-0.1, -0.05) is 48.0 Å². The second kappa shape index (κ2) is 7.24. The van der Waals surface area contributed by atoms with Crippen molar-refractivity contribution < 1.29 is 9.53 Å². The van der Waals surface area contributed by atoms with E-state index in [1.807, 2.05) is 79.7 Å². The minimum atomic E-state index is -0.547. The average molecular weight is 370 g/mol. The zero-order valence-corrected chi connectivity index (χ0v) is 15.9. The molecule has 0 aliphatic heterocycles. The van der Waals surface area contributed by atoms with E-state index < -0.39 is 5.92 Å². The van der Waals surface area contributed by atoms with Crippen LogP contribution in [0.15, 0.2) is 72.8 Å². The fraction of sp³-hybridized carbons (Fsp3) is 0.125. The zero-order chi connectivity index (χ0) is 19.7. The lowest BCUT2D eigenvalue weighted by Gasteiger charge is -2.17. The monoisotopic (exact) mass is 370 g/mol. The van der Waals surface area contributed by atoms with Gasteiger partial charge in [0.25, 0.3) is 0 Å². The molecule has 1 atom stereocenters. The maximum Gasteiger partial charge on any atom is 0.229 e. The third kappa shape index (κ3) is 3.14. The van der Waals surface area contributed by atoms with Gasteiger partial charge in [-0.05, 0) is 48.4 Å². The number of hydrogen-bond acceptors (Lipinski definition) is 2. The van der Waals surface area contributed by atoms with E-state index in [1.54, 1.807) is 7.11 Å². The zero-order valence-electron chi connectivity index (χ0n) is 15.9. The molecule has 0 fully saturated rings. The molecule has 4 aromatic rings. The standard InChI is InChI=1S/C24H22N2O2/c1-15-7-9-16(10-8-15)21(24(25)27)22-19-5-3-4-6-20(19)26-23(22)17-11-13-18(28-2)14-12-17/h3-14,21,26H,1-2H3,(H2,25,27). The van der Waals surface area contributed by atoms with Gasteiger partial charge in [-0.25, -0.2) is 0 Å². The summed E-state index contributed by atoms with van der Waals surface area (Å²) in [5.74, 6) is -0.136. The first-order valence-electron chi connectivity index (χ1n) is 9.19. The Morgan fingerprint density at radius 3 is 2.29 bits per heavy atom. The first kappa shape index (κ1) is 17.9. The van der Waals surface area contributed by atoms with Crippen LogP contribution in [-0.4, -0.2) is 18.0 Å². The molecule has 4 heteroatoms. The molecule has 1 heterocycles. The average Bonchev–Trinajstić information content (AvgIpc) is 3.09. The van der Waals surface area contributed by atoms with Crippen LogP contribution in [0.25, 0.3) is 22.2 Å². The molecule has 0 saturated carbocycles. The van der Waals surface area contributed by atoms with Crippen molar-refractivity contribution in [2.45, 2.75) is 12.8 Å². The summed E-state index contributed by atoms with van der Waals surface area (Å²) < 4.78 is 5.28. The minimum absolute atomic E-state index is 0.372. The lowest BCUT2D eigenvalue weighted by Crippen LogP contribution is -2.22. The number of ether oxygens (including phenoxy) is 1. The number of H-pyrrole nitrogens is 1. The summed E-state index contributed by atoms with van der Waals surface area (Å²) in [7, 11) is 1.64. The predicted molar refractivity (Wildman–Crippen MR) is 113 cm³/mol. The van der Waals surface area contributed by atoms with Crippen LogP contribution in [0.1, 0.15) is 22.6 Å². The van der Waals surface area contributed by atoms with Crippen molar-refractivity contribution in [2.75, 3.05) is 7.11 Å². The molecular formula is C24H22N2O2. The number of para-hydroxylation sites is 1. The Bertz CT molecular complexity index is 1130. The summed E-state index contributed by atoms with van der Waals surface area (Å²) in [6, 6.07) is 23.8.